The predicted molar refractivity (Wildman–Crippen MR) is 75.6 cm³/mol. The van der Waals surface area contributed by atoms with Crippen LogP contribution in [0.2, 0.25) is 0 Å². The molecule has 0 aliphatic heterocycles. The van der Waals surface area contributed by atoms with Gasteiger partial charge in [0.2, 0.25) is 5.88 Å². The van der Waals surface area contributed by atoms with E-state index >= 15 is 0 Å². The normalized spacial score (nSPS) is 10.6. The van der Waals surface area contributed by atoms with E-state index < -0.39 is 0 Å². The molecule has 2 aromatic heterocycles. The molecule has 0 N–H and O–H groups in total. The highest BCUT2D eigenvalue weighted by molar-refractivity contribution is 6.17. The second kappa shape index (κ2) is 5.24. The molecular weight excluding hydrogens is 260 g/mol. The molecule has 0 saturated carbocycles. The Bertz CT molecular complexity index is 698. The number of aromatic nitrogens is 2. The monoisotopic (exact) mass is 270 g/mol. The Morgan fingerprint density at radius 1 is 1.05 bits per heavy atom. The van der Waals surface area contributed by atoms with E-state index in [9.17, 15) is 0 Å². The number of ether oxygens (including phenoxy) is 1. The molecule has 0 fully saturated rings. The summed E-state index contributed by atoms with van der Waals surface area (Å²) in [4.78, 5) is 8.49. The van der Waals surface area contributed by atoms with Gasteiger partial charge in [-0.3, -0.25) is 4.98 Å². The molecule has 3 aromatic rings. The average Bonchev–Trinajstić information content (AvgIpc) is 2.48. The smallest absolute Gasteiger partial charge is 0.219 e. The van der Waals surface area contributed by atoms with Gasteiger partial charge in [-0.05, 0) is 23.8 Å². The summed E-state index contributed by atoms with van der Waals surface area (Å²) in [6, 6.07) is 13.4. The number of halogens is 1. The van der Waals surface area contributed by atoms with Crippen molar-refractivity contribution in [1.82, 2.24) is 9.97 Å². The van der Waals surface area contributed by atoms with E-state index in [2.05, 4.69) is 9.97 Å². The first-order valence-corrected chi connectivity index (χ1v) is 6.42. The van der Waals surface area contributed by atoms with Crippen molar-refractivity contribution in [2.75, 3.05) is 0 Å². The third-order valence-corrected chi connectivity index (χ3v) is 3.06. The van der Waals surface area contributed by atoms with Crippen molar-refractivity contribution in [3.63, 3.8) is 0 Å². The van der Waals surface area contributed by atoms with Gasteiger partial charge in [-0.1, -0.05) is 12.1 Å². The van der Waals surface area contributed by atoms with Crippen molar-refractivity contribution >= 4 is 22.5 Å². The molecule has 2 heterocycles. The minimum absolute atomic E-state index is 0.452. The van der Waals surface area contributed by atoms with E-state index in [0.717, 1.165) is 22.2 Å². The first-order valence-electron chi connectivity index (χ1n) is 5.89. The second-order valence-electron chi connectivity index (χ2n) is 4.10. The van der Waals surface area contributed by atoms with E-state index in [-0.39, 0.29) is 0 Å². The molecule has 0 saturated heterocycles. The Labute approximate surface area is 115 Å². The van der Waals surface area contributed by atoms with E-state index in [4.69, 9.17) is 16.3 Å². The Balaban J connectivity index is 1.87. The van der Waals surface area contributed by atoms with Gasteiger partial charge in [0.25, 0.3) is 0 Å². The molecule has 0 spiro atoms. The van der Waals surface area contributed by atoms with Crippen molar-refractivity contribution in [3.8, 4) is 11.6 Å². The van der Waals surface area contributed by atoms with Crippen LogP contribution in [0.3, 0.4) is 0 Å². The first-order chi connectivity index (χ1) is 9.35. The number of pyridine rings is 2. The van der Waals surface area contributed by atoms with E-state index in [1.165, 1.54) is 0 Å². The average molecular weight is 271 g/mol. The molecule has 0 atom stereocenters. The fourth-order valence-electron chi connectivity index (χ4n) is 1.78. The number of hydrogen-bond donors (Lipinski definition) is 0. The van der Waals surface area contributed by atoms with E-state index in [0.29, 0.717) is 11.8 Å². The Morgan fingerprint density at radius 3 is 2.79 bits per heavy atom. The molecule has 19 heavy (non-hydrogen) atoms. The molecular formula is C15H11ClN2O. The number of fused-ring (bicyclic) bond motifs is 1. The van der Waals surface area contributed by atoms with Crippen molar-refractivity contribution < 1.29 is 4.74 Å². The molecule has 0 unspecified atom stereocenters. The molecule has 3 rings (SSSR count). The van der Waals surface area contributed by atoms with Crippen molar-refractivity contribution in [2.24, 2.45) is 0 Å². The fourth-order valence-corrected chi connectivity index (χ4v) is 1.94. The van der Waals surface area contributed by atoms with Crippen LogP contribution in [-0.4, -0.2) is 9.97 Å². The van der Waals surface area contributed by atoms with Crippen LogP contribution in [0, 0.1) is 0 Å². The maximum atomic E-state index is 5.72. The lowest BCUT2D eigenvalue weighted by atomic mass is 10.2. The van der Waals surface area contributed by atoms with Crippen molar-refractivity contribution in [2.45, 2.75) is 5.88 Å². The Kier molecular flexibility index (Phi) is 3.29. The Morgan fingerprint density at radius 2 is 2.00 bits per heavy atom. The van der Waals surface area contributed by atoms with Gasteiger partial charge in [-0.15, -0.1) is 11.6 Å². The second-order valence-corrected chi connectivity index (χ2v) is 4.37. The SMILES string of the molecule is ClCc1ccc(Oc2ccc3cccnc3c2)nc1. The van der Waals surface area contributed by atoms with Gasteiger partial charge in [0.1, 0.15) is 5.75 Å². The predicted octanol–water partition coefficient (Wildman–Crippen LogP) is 4.16. The maximum Gasteiger partial charge on any atom is 0.219 e. The van der Waals surface area contributed by atoms with Gasteiger partial charge in [0.15, 0.2) is 0 Å². The lowest BCUT2D eigenvalue weighted by molar-refractivity contribution is 0.463. The van der Waals surface area contributed by atoms with Crippen LogP contribution < -0.4 is 4.74 Å². The van der Waals surface area contributed by atoms with Crippen LogP contribution in [0.4, 0.5) is 0 Å². The van der Waals surface area contributed by atoms with Gasteiger partial charge >= 0.3 is 0 Å². The van der Waals surface area contributed by atoms with Gasteiger partial charge in [-0.2, -0.15) is 0 Å². The van der Waals surface area contributed by atoms with Gasteiger partial charge in [0, 0.05) is 35.8 Å². The van der Waals surface area contributed by atoms with Crippen LogP contribution in [0.25, 0.3) is 10.9 Å². The molecule has 0 bridgehead atoms. The van der Waals surface area contributed by atoms with E-state index in [1.54, 1.807) is 18.5 Å². The zero-order chi connectivity index (χ0) is 13.1. The highest BCUT2D eigenvalue weighted by Crippen LogP contribution is 2.23. The zero-order valence-corrected chi connectivity index (χ0v) is 10.8. The van der Waals surface area contributed by atoms with Crippen LogP contribution in [0.5, 0.6) is 11.6 Å². The minimum Gasteiger partial charge on any atom is -0.439 e. The zero-order valence-electron chi connectivity index (χ0n) is 10.1. The highest BCUT2D eigenvalue weighted by Gasteiger charge is 2.01. The summed E-state index contributed by atoms with van der Waals surface area (Å²) >= 11 is 5.72. The topological polar surface area (TPSA) is 35.0 Å². The molecule has 4 heteroatoms. The molecule has 0 aliphatic carbocycles. The number of benzene rings is 1. The molecule has 0 amide bonds. The summed E-state index contributed by atoms with van der Waals surface area (Å²) < 4.78 is 5.69. The van der Waals surface area contributed by atoms with Crippen molar-refractivity contribution in [3.05, 3.63) is 60.4 Å². The first kappa shape index (κ1) is 11.9. The third-order valence-electron chi connectivity index (χ3n) is 2.75. The summed E-state index contributed by atoms with van der Waals surface area (Å²) in [6.07, 6.45) is 3.47. The van der Waals surface area contributed by atoms with Crippen LogP contribution in [0.1, 0.15) is 5.56 Å². The number of hydrogen-bond acceptors (Lipinski definition) is 3. The summed E-state index contributed by atoms with van der Waals surface area (Å²) in [5, 5.41) is 1.08. The van der Waals surface area contributed by atoms with Crippen LogP contribution in [-0.2, 0) is 5.88 Å². The standard InChI is InChI=1S/C15H11ClN2O/c16-9-11-3-6-15(18-10-11)19-13-5-4-12-2-1-7-17-14(12)8-13/h1-8,10H,9H2. The quantitative estimate of drug-likeness (QED) is 0.670. The minimum atomic E-state index is 0.452. The number of rotatable bonds is 3. The number of nitrogens with zero attached hydrogens (tertiary/aromatic N) is 2. The van der Waals surface area contributed by atoms with E-state index in [1.807, 2.05) is 36.4 Å². The summed E-state index contributed by atoms with van der Waals surface area (Å²) in [6.45, 7) is 0. The lowest BCUT2D eigenvalue weighted by Gasteiger charge is -2.06. The highest BCUT2D eigenvalue weighted by atomic mass is 35.5. The molecule has 0 radical (unpaired) electrons. The van der Waals surface area contributed by atoms with Gasteiger partial charge < -0.3 is 4.74 Å². The lowest BCUT2D eigenvalue weighted by Crippen LogP contribution is -1.89. The van der Waals surface area contributed by atoms with Crippen LogP contribution >= 0.6 is 11.6 Å². The molecule has 94 valence electrons. The molecule has 1 aromatic carbocycles. The van der Waals surface area contributed by atoms with Crippen molar-refractivity contribution in [1.29, 1.82) is 0 Å². The third kappa shape index (κ3) is 2.66. The fraction of sp³-hybridized carbons (Fsp3) is 0.0667. The largest absolute Gasteiger partial charge is 0.439 e. The van der Waals surface area contributed by atoms with Gasteiger partial charge in [-0.25, -0.2) is 4.98 Å². The molecule has 3 nitrogen and oxygen atoms in total. The number of alkyl halides is 1. The van der Waals surface area contributed by atoms with Crippen LogP contribution in [0.15, 0.2) is 54.9 Å². The van der Waals surface area contributed by atoms with Gasteiger partial charge in [0.05, 0.1) is 5.52 Å². The molecule has 0 aliphatic rings. The maximum absolute atomic E-state index is 5.72. The Hall–Kier alpha value is -2.13. The summed E-state index contributed by atoms with van der Waals surface area (Å²) in [5.41, 5.74) is 1.87. The summed E-state index contributed by atoms with van der Waals surface area (Å²) in [7, 11) is 0. The summed E-state index contributed by atoms with van der Waals surface area (Å²) in [5.74, 6) is 1.72.